The Hall–Kier alpha value is -2.74. The van der Waals surface area contributed by atoms with Crippen LogP contribution in [0.15, 0.2) is 12.1 Å². The summed E-state index contributed by atoms with van der Waals surface area (Å²) in [5, 5.41) is 6.09. The van der Waals surface area contributed by atoms with Crippen LogP contribution in [0.5, 0.6) is 0 Å². The van der Waals surface area contributed by atoms with E-state index in [9.17, 15) is 14.4 Å². The molecule has 1 saturated carbocycles. The number of anilines is 2. The number of fused-ring (bicyclic) bond motifs is 1. The molecule has 0 spiro atoms. The number of carbonyl (C=O) groups is 3. The molecule has 1 aromatic carbocycles. The van der Waals surface area contributed by atoms with Gasteiger partial charge in [-0.15, -0.1) is 0 Å². The zero-order valence-electron chi connectivity index (χ0n) is 17.0. The average molecular weight is 413 g/mol. The van der Waals surface area contributed by atoms with Crippen molar-refractivity contribution in [1.82, 2.24) is 9.88 Å². The van der Waals surface area contributed by atoms with Gasteiger partial charge < -0.3 is 15.5 Å². The second-order valence-electron chi connectivity index (χ2n) is 7.86. The minimum absolute atomic E-state index is 0.0188. The first-order chi connectivity index (χ1) is 13.7. The lowest BCUT2D eigenvalue weighted by atomic mass is 10.0. The van der Waals surface area contributed by atoms with Crippen LogP contribution in [-0.2, 0) is 16.1 Å². The van der Waals surface area contributed by atoms with Crippen LogP contribution < -0.4 is 10.6 Å². The van der Waals surface area contributed by atoms with E-state index in [-0.39, 0.29) is 23.8 Å². The number of rotatable bonds is 5. The largest absolute Gasteiger partial charge is 0.331 e. The molecule has 1 unspecified atom stereocenters. The van der Waals surface area contributed by atoms with Crippen molar-refractivity contribution in [1.29, 1.82) is 0 Å². The third kappa shape index (κ3) is 3.76. The van der Waals surface area contributed by atoms with Crippen LogP contribution in [0, 0.1) is 12.8 Å². The van der Waals surface area contributed by atoms with Crippen molar-refractivity contribution in [3.05, 3.63) is 29.0 Å². The number of hydrogen-bond donors (Lipinski definition) is 2. The number of benzene rings is 1. The van der Waals surface area contributed by atoms with Crippen molar-refractivity contribution in [3.8, 4) is 10.4 Å². The first kappa shape index (κ1) is 19.6. The molecule has 0 radical (unpaired) electrons. The van der Waals surface area contributed by atoms with Gasteiger partial charge in [0.05, 0.1) is 21.8 Å². The molecule has 152 valence electrons. The zero-order valence-corrected chi connectivity index (χ0v) is 17.8. The summed E-state index contributed by atoms with van der Waals surface area (Å²) in [6.45, 7) is 7.42. The lowest BCUT2D eigenvalue weighted by Gasteiger charge is -2.24. The summed E-state index contributed by atoms with van der Waals surface area (Å²) in [6.07, 6.45) is 2.33. The van der Waals surface area contributed by atoms with E-state index in [0.717, 1.165) is 34.5 Å². The smallest absolute Gasteiger partial charge is 0.256 e. The number of nitrogens with one attached hydrogen (secondary N) is 2. The SMILES string of the molecule is CC(=O)Nc1nc(C)c(-c2cc3c(c(NC(C)=O)c2)C(=O)N(C(C)C2CC2)C3)s1. The summed E-state index contributed by atoms with van der Waals surface area (Å²) in [5.41, 5.74) is 3.71. The van der Waals surface area contributed by atoms with E-state index in [0.29, 0.717) is 28.8 Å². The highest BCUT2D eigenvalue weighted by atomic mass is 32.1. The van der Waals surface area contributed by atoms with Crippen LogP contribution in [0.25, 0.3) is 10.4 Å². The molecule has 1 aliphatic carbocycles. The Bertz CT molecular complexity index is 1030. The van der Waals surface area contributed by atoms with Crippen LogP contribution in [0.1, 0.15) is 55.2 Å². The zero-order chi connectivity index (χ0) is 20.9. The van der Waals surface area contributed by atoms with Gasteiger partial charge in [-0.1, -0.05) is 11.3 Å². The Morgan fingerprint density at radius 1 is 1.21 bits per heavy atom. The lowest BCUT2D eigenvalue weighted by molar-refractivity contribution is -0.115. The summed E-state index contributed by atoms with van der Waals surface area (Å²) in [4.78, 5) is 43.5. The molecule has 3 amide bonds. The molecule has 4 rings (SSSR count). The van der Waals surface area contributed by atoms with Crippen LogP contribution in [0.2, 0.25) is 0 Å². The first-order valence-electron chi connectivity index (χ1n) is 9.75. The Morgan fingerprint density at radius 2 is 1.90 bits per heavy atom. The summed E-state index contributed by atoms with van der Waals surface area (Å²) in [6, 6.07) is 4.04. The Balaban J connectivity index is 1.76. The van der Waals surface area contributed by atoms with Gasteiger partial charge in [-0.05, 0) is 55.9 Å². The number of nitrogens with zero attached hydrogens (tertiary/aromatic N) is 2. The summed E-state index contributed by atoms with van der Waals surface area (Å²) >= 11 is 1.38. The molecule has 2 aliphatic rings. The number of thiazole rings is 1. The summed E-state index contributed by atoms with van der Waals surface area (Å²) in [5.74, 6) is 0.162. The maximum atomic E-state index is 13.1. The van der Waals surface area contributed by atoms with Crippen LogP contribution >= 0.6 is 11.3 Å². The number of carbonyl (C=O) groups excluding carboxylic acids is 3. The predicted octanol–water partition coefficient (Wildman–Crippen LogP) is 3.79. The third-order valence-corrected chi connectivity index (χ3v) is 6.61. The minimum Gasteiger partial charge on any atom is -0.331 e. The van der Waals surface area contributed by atoms with Gasteiger partial charge >= 0.3 is 0 Å². The van der Waals surface area contributed by atoms with Crippen LogP contribution in [-0.4, -0.2) is 33.6 Å². The van der Waals surface area contributed by atoms with Crippen molar-refractivity contribution in [3.63, 3.8) is 0 Å². The van der Waals surface area contributed by atoms with E-state index in [1.165, 1.54) is 25.2 Å². The van der Waals surface area contributed by atoms with E-state index < -0.39 is 0 Å². The number of aryl methyl sites for hydroxylation is 1. The lowest BCUT2D eigenvalue weighted by Crippen LogP contribution is -2.34. The van der Waals surface area contributed by atoms with E-state index in [4.69, 9.17) is 0 Å². The first-order valence-corrected chi connectivity index (χ1v) is 10.6. The summed E-state index contributed by atoms with van der Waals surface area (Å²) < 4.78 is 0. The van der Waals surface area contributed by atoms with Crippen molar-refractivity contribution in [2.45, 2.75) is 53.1 Å². The molecule has 0 saturated heterocycles. The van der Waals surface area contributed by atoms with Gasteiger partial charge in [-0.25, -0.2) is 4.98 Å². The predicted molar refractivity (Wildman–Crippen MR) is 113 cm³/mol. The van der Waals surface area contributed by atoms with Gasteiger partial charge in [0.2, 0.25) is 11.8 Å². The van der Waals surface area contributed by atoms with Gasteiger partial charge in [0.1, 0.15) is 0 Å². The molecule has 29 heavy (non-hydrogen) atoms. The third-order valence-electron chi connectivity index (χ3n) is 5.48. The highest BCUT2D eigenvalue weighted by molar-refractivity contribution is 7.19. The number of hydrogen-bond acceptors (Lipinski definition) is 5. The molecule has 1 aliphatic heterocycles. The van der Waals surface area contributed by atoms with Crippen molar-refractivity contribution in [2.24, 2.45) is 5.92 Å². The average Bonchev–Trinajstić information content (AvgIpc) is 3.33. The maximum Gasteiger partial charge on any atom is 0.256 e. The topological polar surface area (TPSA) is 91.4 Å². The highest BCUT2D eigenvalue weighted by Crippen LogP contribution is 2.42. The van der Waals surface area contributed by atoms with Gasteiger partial charge in [-0.2, -0.15) is 0 Å². The fourth-order valence-electron chi connectivity index (χ4n) is 3.93. The molecule has 8 heteroatoms. The van der Waals surface area contributed by atoms with Crippen LogP contribution in [0.3, 0.4) is 0 Å². The van der Waals surface area contributed by atoms with Gasteiger partial charge in [0, 0.05) is 26.4 Å². The van der Waals surface area contributed by atoms with E-state index in [1.54, 1.807) is 0 Å². The minimum atomic E-state index is -0.217. The molecule has 1 atom stereocenters. The van der Waals surface area contributed by atoms with Crippen molar-refractivity contribution in [2.75, 3.05) is 10.6 Å². The fourth-order valence-corrected chi connectivity index (χ4v) is 4.93. The molecule has 2 heterocycles. The van der Waals surface area contributed by atoms with Crippen LogP contribution in [0.4, 0.5) is 10.8 Å². The molecular formula is C21H24N4O3S. The molecule has 0 bridgehead atoms. The van der Waals surface area contributed by atoms with E-state index >= 15 is 0 Å². The molecule has 7 nitrogen and oxygen atoms in total. The Kier molecular flexibility index (Phi) is 4.90. The quantitative estimate of drug-likeness (QED) is 0.782. The summed E-state index contributed by atoms with van der Waals surface area (Å²) in [7, 11) is 0. The molecule has 2 aromatic rings. The normalized spacial score (nSPS) is 16.6. The molecular weight excluding hydrogens is 388 g/mol. The number of aromatic nitrogens is 1. The molecule has 1 aromatic heterocycles. The Morgan fingerprint density at radius 3 is 2.52 bits per heavy atom. The Labute approximate surface area is 173 Å². The second kappa shape index (κ2) is 7.26. The van der Waals surface area contributed by atoms with Crippen molar-refractivity contribution < 1.29 is 14.4 Å². The molecule has 2 N–H and O–H groups in total. The maximum absolute atomic E-state index is 13.1. The van der Waals surface area contributed by atoms with E-state index in [2.05, 4.69) is 22.5 Å². The number of amides is 3. The van der Waals surface area contributed by atoms with E-state index in [1.807, 2.05) is 24.0 Å². The monoisotopic (exact) mass is 412 g/mol. The van der Waals surface area contributed by atoms with Gasteiger partial charge in [-0.3, -0.25) is 14.4 Å². The standard InChI is InChI=1S/C21H24N4O3S/c1-10-19(29-21(22-10)24-13(4)27)15-7-16-9-25(11(2)14-5-6-14)20(28)18(16)17(8-15)23-12(3)26/h7-8,11,14H,5-6,9H2,1-4H3,(H,23,26)(H,22,24,27). The highest BCUT2D eigenvalue weighted by Gasteiger charge is 2.40. The van der Waals surface area contributed by atoms with Gasteiger partial charge in [0.25, 0.3) is 5.91 Å². The fraction of sp³-hybridized carbons (Fsp3) is 0.429. The van der Waals surface area contributed by atoms with Crippen molar-refractivity contribution >= 4 is 39.9 Å². The second-order valence-corrected chi connectivity index (χ2v) is 8.86. The van der Waals surface area contributed by atoms with Gasteiger partial charge in [0.15, 0.2) is 5.13 Å². The molecule has 1 fully saturated rings.